The number of hydrogen-bond acceptors (Lipinski definition) is 3. The van der Waals surface area contributed by atoms with Crippen LogP contribution in [-0.2, 0) is 15.7 Å². The highest BCUT2D eigenvalue weighted by atomic mass is 35.5. The second-order valence-electron chi connectivity index (χ2n) is 4.95. The summed E-state index contributed by atoms with van der Waals surface area (Å²) in [5, 5.41) is 2.42. The van der Waals surface area contributed by atoms with Gasteiger partial charge in [0.2, 0.25) is 0 Å². The van der Waals surface area contributed by atoms with E-state index >= 15 is 0 Å². The van der Waals surface area contributed by atoms with Gasteiger partial charge >= 0.3 is 12.1 Å². The number of halogens is 6. The third-order valence-corrected chi connectivity index (χ3v) is 4.13. The van der Waals surface area contributed by atoms with Gasteiger partial charge < -0.3 is 10.1 Å². The Morgan fingerprint density at radius 1 is 0.962 bits per heavy atom. The molecule has 26 heavy (non-hydrogen) atoms. The van der Waals surface area contributed by atoms with Crippen LogP contribution in [0.25, 0.3) is 0 Å². The molecule has 0 unspecified atom stereocenters. The van der Waals surface area contributed by atoms with E-state index in [2.05, 4.69) is 5.32 Å². The highest BCUT2D eigenvalue weighted by Gasteiger charge is 2.31. The van der Waals surface area contributed by atoms with E-state index in [0.29, 0.717) is 6.07 Å². The number of esters is 1. The molecule has 0 aliphatic carbocycles. The molecule has 0 atom stereocenters. The molecule has 0 aromatic heterocycles. The van der Waals surface area contributed by atoms with E-state index in [4.69, 9.17) is 39.5 Å². The van der Waals surface area contributed by atoms with Crippen LogP contribution < -0.4 is 5.32 Å². The zero-order chi connectivity index (χ0) is 19.5. The molecule has 138 valence electrons. The molecule has 0 fully saturated rings. The van der Waals surface area contributed by atoms with Crippen molar-refractivity contribution in [3.8, 4) is 0 Å². The zero-order valence-corrected chi connectivity index (χ0v) is 14.9. The van der Waals surface area contributed by atoms with E-state index in [0.717, 1.165) is 12.1 Å². The van der Waals surface area contributed by atoms with Crippen LogP contribution >= 0.6 is 34.8 Å². The Labute approximate surface area is 160 Å². The molecule has 0 aliphatic rings. The molecule has 2 aromatic carbocycles. The van der Waals surface area contributed by atoms with Crippen molar-refractivity contribution in [3.05, 3.63) is 62.6 Å². The predicted octanol–water partition coefficient (Wildman–Crippen LogP) is 5.46. The molecule has 0 heterocycles. The first-order valence-electron chi connectivity index (χ1n) is 6.86. The molecule has 0 saturated carbocycles. The maximum absolute atomic E-state index is 12.7. The third kappa shape index (κ3) is 5.27. The van der Waals surface area contributed by atoms with E-state index in [1.54, 1.807) is 0 Å². The Morgan fingerprint density at radius 3 is 2.23 bits per heavy atom. The lowest BCUT2D eigenvalue weighted by Gasteiger charge is -2.12. The Bertz CT molecular complexity index is 856. The van der Waals surface area contributed by atoms with Crippen LogP contribution in [0.4, 0.5) is 18.9 Å². The quantitative estimate of drug-likeness (QED) is 0.661. The van der Waals surface area contributed by atoms with Crippen LogP contribution in [0.5, 0.6) is 0 Å². The summed E-state index contributed by atoms with van der Waals surface area (Å²) in [5.41, 5.74) is -1.17. The van der Waals surface area contributed by atoms with Crippen LogP contribution in [0.2, 0.25) is 15.1 Å². The normalized spacial score (nSPS) is 11.2. The second kappa shape index (κ2) is 8.16. The Morgan fingerprint density at radius 2 is 1.62 bits per heavy atom. The highest BCUT2D eigenvalue weighted by Crippen LogP contribution is 2.33. The molecule has 10 heteroatoms. The van der Waals surface area contributed by atoms with Gasteiger partial charge in [-0.25, -0.2) is 4.79 Å². The summed E-state index contributed by atoms with van der Waals surface area (Å²) in [5.74, 6) is -1.71. The van der Waals surface area contributed by atoms with Crippen LogP contribution in [0.1, 0.15) is 15.9 Å². The number of alkyl halides is 3. The first-order chi connectivity index (χ1) is 12.1. The summed E-state index contributed by atoms with van der Waals surface area (Å²) in [6.07, 6.45) is -4.59. The Hall–Kier alpha value is -1.96. The molecule has 0 aliphatic heterocycles. The Balaban J connectivity index is 2.00. The van der Waals surface area contributed by atoms with Gasteiger partial charge in [-0.3, -0.25) is 4.79 Å². The lowest BCUT2D eigenvalue weighted by Crippen LogP contribution is -2.21. The van der Waals surface area contributed by atoms with Gasteiger partial charge in [-0.2, -0.15) is 13.2 Å². The summed E-state index contributed by atoms with van der Waals surface area (Å²) in [6, 6.07) is 6.44. The Kier molecular flexibility index (Phi) is 6.39. The zero-order valence-electron chi connectivity index (χ0n) is 12.7. The van der Waals surface area contributed by atoms with Crippen LogP contribution in [-0.4, -0.2) is 18.5 Å². The third-order valence-electron chi connectivity index (χ3n) is 3.06. The van der Waals surface area contributed by atoms with Crippen LogP contribution in [0, 0.1) is 0 Å². The molecule has 0 spiro atoms. The molecule has 1 N–H and O–H groups in total. The number of rotatable bonds is 4. The molecular formula is C16H9Cl3F3NO3. The first kappa shape index (κ1) is 20.4. The number of hydrogen-bond donors (Lipinski definition) is 1. The van der Waals surface area contributed by atoms with E-state index in [-0.39, 0.29) is 26.3 Å². The molecule has 2 rings (SSSR count). The fourth-order valence-electron chi connectivity index (χ4n) is 1.82. The SMILES string of the molecule is O=C(COC(=O)c1ccc(Cl)c(Cl)c1)Nc1cc(C(F)(F)F)ccc1Cl. The molecule has 0 saturated heterocycles. The molecule has 0 bridgehead atoms. The van der Waals surface area contributed by atoms with Gasteiger partial charge in [-0.1, -0.05) is 34.8 Å². The fraction of sp³-hybridized carbons (Fsp3) is 0.125. The average Bonchev–Trinajstić information content (AvgIpc) is 2.56. The molecule has 2 aromatic rings. The van der Waals surface area contributed by atoms with E-state index in [1.807, 2.05) is 0 Å². The van der Waals surface area contributed by atoms with Gasteiger partial charge in [-0.05, 0) is 36.4 Å². The van der Waals surface area contributed by atoms with Crippen molar-refractivity contribution in [2.75, 3.05) is 11.9 Å². The maximum atomic E-state index is 12.7. The van der Waals surface area contributed by atoms with Crippen molar-refractivity contribution in [2.45, 2.75) is 6.18 Å². The number of amides is 1. The van der Waals surface area contributed by atoms with E-state index in [1.165, 1.54) is 18.2 Å². The maximum Gasteiger partial charge on any atom is 0.416 e. The summed E-state index contributed by atoms with van der Waals surface area (Å²) < 4.78 is 42.9. The summed E-state index contributed by atoms with van der Waals surface area (Å²) in [7, 11) is 0. The topological polar surface area (TPSA) is 55.4 Å². The molecule has 4 nitrogen and oxygen atoms in total. The summed E-state index contributed by atoms with van der Waals surface area (Å²) in [6.45, 7) is -0.731. The fourth-order valence-corrected chi connectivity index (χ4v) is 2.28. The van der Waals surface area contributed by atoms with Gasteiger partial charge in [0.1, 0.15) is 0 Å². The van der Waals surface area contributed by atoms with Crippen molar-refractivity contribution >= 4 is 52.4 Å². The van der Waals surface area contributed by atoms with Gasteiger partial charge in [0.05, 0.1) is 31.9 Å². The van der Waals surface area contributed by atoms with Crippen molar-refractivity contribution in [1.82, 2.24) is 0 Å². The number of anilines is 1. The minimum absolute atomic E-state index is 0.0595. The van der Waals surface area contributed by atoms with Crippen LogP contribution in [0.3, 0.4) is 0 Å². The smallest absolute Gasteiger partial charge is 0.416 e. The molecule has 0 radical (unpaired) electrons. The number of carbonyl (C=O) groups is 2. The minimum Gasteiger partial charge on any atom is -0.452 e. The van der Waals surface area contributed by atoms with Crippen molar-refractivity contribution < 1.29 is 27.5 Å². The number of carbonyl (C=O) groups excluding carboxylic acids is 2. The van der Waals surface area contributed by atoms with E-state index < -0.39 is 30.2 Å². The standard InChI is InChI=1S/C16H9Cl3F3NO3/c17-10-3-1-8(5-12(10)19)15(25)26-7-14(24)23-13-6-9(16(20,21)22)2-4-11(13)18/h1-6H,7H2,(H,23,24). The van der Waals surface area contributed by atoms with Crippen molar-refractivity contribution in [2.24, 2.45) is 0 Å². The number of nitrogens with one attached hydrogen (secondary N) is 1. The van der Waals surface area contributed by atoms with Crippen molar-refractivity contribution in [1.29, 1.82) is 0 Å². The highest BCUT2D eigenvalue weighted by molar-refractivity contribution is 6.42. The van der Waals surface area contributed by atoms with Gasteiger partial charge in [-0.15, -0.1) is 0 Å². The lowest BCUT2D eigenvalue weighted by atomic mass is 10.2. The van der Waals surface area contributed by atoms with E-state index in [9.17, 15) is 22.8 Å². The monoisotopic (exact) mass is 425 g/mol. The first-order valence-corrected chi connectivity index (χ1v) is 8.00. The minimum atomic E-state index is -4.59. The largest absolute Gasteiger partial charge is 0.452 e. The van der Waals surface area contributed by atoms with Gasteiger partial charge in [0.15, 0.2) is 6.61 Å². The average molecular weight is 427 g/mol. The van der Waals surface area contributed by atoms with Crippen molar-refractivity contribution in [3.63, 3.8) is 0 Å². The van der Waals surface area contributed by atoms with Crippen LogP contribution in [0.15, 0.2) is 36.4 Å². The van der Waals surface area contributed by atoms with Gasteiger partial charge in [0.25, 0.3) is 5.91 Å². The molecule has 1 amide bonds. The lowest BCUT2D eigenvalue weighted by molar-refractivity contribution is -0.137. The number of benzene rings is 2. The molecular weight excluding hydrogens is 418 g/mol. The predicted molar refractivity (Wildman–Crippen MR) is 91.8 cm³/mol. The number of ether oxygens (including phenoxy) is 1. The summed E-state index contributed by atoms with van der Waals surface area (Å²) >= 11 is 17.3. The summed E-state index contributed by atoms with van der Waals surface area (Å²) in [4.78, 5) is 23.6. The van der Waals surface area contributed by atoms with Gasteiger partial charge in [0, 0.05) is 0 Å². The second-order valence-corrected chi connectivity index (χ2v) is 6.17.